The van der Waals surface area contributed by atoms with E-state index in [2.05, 4.69) is 19.1 Å². The van der Waals surface area contributed by atoms with Crippen LogP contribution >= 0.6 is 11.8 Å². The topological polar surface area (TPSA) is 40.6 Å². The zero-order chi connectivity index (χ0) is 23.5. The summed E-state index contributed by atoms with van der Waals surface area (Å²) in [6, 6.07) is 24.0. The zero-order valence-corrected chi connectivity index (χ0v) is 20.2. The highest BCUT2D eigenvalue weighted by molar-refractivity contribution is 8.04. The van der Waals surface area contributed by atoms with Gasteiger partial charge < -0.3 is 9.80 Å². The van der Waals surface area contributed by atoms with Crippen molar-refractivity contribution in [3.63, 3.8) is 0 Å². The molecule has 1 fully saturated rings. The van der Waals surface area contributed by atoms with Gasteiger partial charge in [-0.15, -0.1) is 0 Å². The van der Waals surface area contributed by atoms with Crippen molar-refractivity contribution >= 4 is 35.3 Å². The summed E-state index contributed by atoms with van der Waals surface area (Å²) in [6.45, 7) is 4.13. The second-order valence-corrected chi connectivity index (χ2v) is 10.0. The number of aryl methyl sites for hydroxylation is 1. The molecule has 0 bridgehead atoms. The molecular formula is C29H28N2O2S. The Labute approximate surface area is 205 Å². The van der Waals surface area contributed by atoms with Crippen LogP contribution in [0.4, 0.5) is 5.69 Å². The maximum atomic E-state index is 13.7. The van der Waals surface area contributed by atoms with Crippen LogP contribution in [0.2, 0.25) is 0 Å². The van der Waals surface area contributed by atoms with Gasteiger partial charge in [0.1, 0.15) is 0 Å². The number of amides is 2. The van der Waals surface area contributed by atoms with E-state index in [0.717, 1.165) is 53.2 Å². The van der Waals surface area contributed by atoms with E-state index in [-0.39, 0.29) is 11.8 Å². The van der Waals surface area contributed by atoms with Gasteiger partial charge in [0.15, 0.2) is 0 Å². The molecule has 0 aliphatic carbocycles. The van der Waals surface area contributed by atoms with Crippen molar-refractivity contribution in [1.29, 1.82) is 0 Å². The lowest BCUT2D eigenvalue weighted by Crippen LogP contribution is -2.36. The summed E-state index contributed by atoms with van der Waals surface area (Å²) >= 11 is 1.48. The molecule has 0 saturated carbocycles. The first-order valence-corrected chi connectivity index (χ1v) is 12.7. The second kappa shape index (κ2) is 9.90. The van der Waals surface area contributed by atoms with Gasteiger partial charge in [-0.1, -0.05) is 71.9 Å². The molecule has 0 aromatic heterocycles. The number of carbonyl (C=O) groups excluding carboxylic acids is 2. The van der Waals surface area contributed by atoms with Gasteiger partial charge in [-0.25, -0.2) is 0 Å². The molecule has 2 amide bonds. The van der Waals surface area contributed by atoms with Crippen molar-refractivity contribution in [3.05, 3.63) is 100.0 Å². The number of piperidine rings is 1. The molecule has 0 N–H and O–H groups in total. The molecular weight excluding hydrogens is 440 g/mol. The number of carbonyl (C=O) groups is 2. The van der Waals surface area contributed by atoms with Gasteiger partial charge in [0.05, 0.1) is 17.1 Å². The Kier molecular flexibility index (Phi) is 6.54. The van der Waals surface area contributed by atoms with Gasteiger partial charge in [-0.05, 0) is 61.6 Å². The van der Waals surface area contributed by atoms with E-state index in [1.165, 1.54) is 18.2 Å². The van der Waals surface area contributed by atoms with Crippen molar-refractivity contribution in [2.45, 2.75) is 37.6 Å². The van der Waals surface area contributed by atoms with Gasteiger partial charge in [0.2, 0.25) is 0 Å². The highest BCUT2D eigenvalue weighted by atomic mass is 32.2. The average Bonchev–Trinajstić information content (AvgIpc) is 2.87. The van der Waals surface area contributed by atoms with E-state index >= 15 is 0 Å². The van der Waals surface area contributed by atoms with Crippen molar-refractivity contribution < 1.29 is 9.59 Å². The third-order valence-electron chi connectivity index (χ3n) is 6.34. The van der Waals surface area contributed by atoms with E-state index in [9.17, 15) is 9.59 Å². The number of hydrogen-bond donors (Lipinski definition) is 0. The minimum Gasteiger partial charge on any atom is -0.339 e. The number of likely N-dealkylation sites (tertiary alicyclic amines) is 1. The molecule has 0 spiro atoms. The van der Waals surface area contributed by atoms with E-state index in [1.54, 1.807) is 0 Å². The summed E-state index contributed by atoms with van der Waals surface area (Å²) in [4.78, 5) is 32.3. The third kappa shape index (κ3) is 4.80. The van der Waals surface area contributed by atoms with Gasteiger partial charge >= 0.3 is 0 Å². The predicted molar refractivity (Wildman–Crippen MR) is 139 cm³/mol. The quantitative estimate of drug-likeness (QED) is 0.422. The molecule has 0 radical (unpaired) electrons. The molecule has 4 nitrogen and oxygen atoms in total. The fraction of sp³-hybridized carbons (Fsp3) is 0.241. The van der Waals surface area contributed by atoms with Crippen molar-refractivity contribution in [2.24, 2.45) is 0 Å². The van der Waals surface area contributed by atoms with Crippen LogP contribution in [-0.2, 0) is 11.3 Å². The second-order valence-electron chi connectivity index (χ2n) is 8.94. The highest BCUT2D eigenvalue weighted by Crippen LogP contribution is 2.43. The summed E-state index contributed by atoms with van der Waals surface area (Å²) in [5.74, 6) is 0.0199. The fourth-order valence-corrected chi connectivity index (χ4v) is 5.61. The van der Waals surface area contributed by atoms with Crippen LogP contribution in [0.15, 0.2) is 82.6 Å². The first kappa shape index (κ1) is 22.5. The number of hydrogen-bond acceptors (Lipinski definition) is 3. The Morgan fingerprint density at radius 2 is 1.74 bits per heavy atom. The van der Waals surface area contributed by atoms with Crippen LogP contribution in [0.25, 0.3) is 6.08 Å². The van der Waals surface area contributed by atoms with Crippen molar-refractivity contribution in [3.8, 4) is 0 Å². The summed E-state index contributed by atoms with van der Waals surface area (Å²) < 4.78 is 0. The van der Waals surface area contributed by atoms with Crippen LogP contribution in [-0.4, -0.2) is 29.8 Å². The average molecular weight is 469 g/mol. The minimum atomic E-state index is -0.0366. The summed E-state index contributed by atoms with van der Waals surface area (Å²) in [5.41, 5.74) is 4.68. The number of thioether (sulfide) groups is 1. The van der Waals surface area contributed by atoms with Gasteiger partial charge in [-0.2, -0.15) is 0 Å². The smallest absolute Gasteiger partial charge is 0.265 e. The molecule has 5 heteroatoms. The van der Waals surface area contributed by atoms with Gasteiger partial charge in [0.25, 0.3) is 11.8 Å². The van der Waals surface area contributed by atoms with Gasteiger partial charge in [0, 0.05) is 23.5 Å². The Bertz CT molecular complexity index is 1250. The normalized spacial score (nSPS) is 17.1. The standard InChI is InChI=1S/C29H28N2O2S/c1-21-9-8-12-23(17-21)20-31-25-19-24(28(32)30-15-6-3-7-16-30)13-14-26(25)34-27(29(31)33)18-22-10-4-2-5-11-22/h2,4-5,8-14,17-19H,3,6-7,15-16,20H2,1H3/b27-18-. The Morgan fingerprint density at radius 3 is 2.50 bits per heavy atom. The Morgan fingerprint density at radius 1 is 0.941 bits per heavy atom. The molecule has 3 aromatic carbocycles. The number of rotatable bonds is 4. The summed E-state index contributed by atoms with van der Waals surface area (Å²) in [5, 5.41) is 0. The fourth-order valence-electron chi connectivity index (χ4n) is 4.57. The molecule has 2 heterocycles. The van der Waals surface area contributed by atoms with Crippen molar-refractivity contribution in [1.82, 2.24) is 4.90 Å². The molecule has 1 saturated heterocycles. The van der Waals surface area contributed by atoms with Crippen LogP contribution in [0.1, 0.15) is 46.3 Å². The highest BCUT2D eigenvalue weighted by Gasteiger charge is 2.31. The third-order valence-corrected chi connectivity index (χ3v) is 7.41. The number of fused-ring (bicyclic) bond motifs is 1. The van der Waals surface area contributed by atoms with Crippen LogP contribution < -0.4 is 4.90 Å². The lowest BCUT2D eigenvalue weighted by molar-refractivity contribution is -0.114. The van der Waals surface area contributed by atoms with Crippen LogP contribution in [0, 0.1) is 6.92 Å². The van der Waals surface area contributed by atoms with E-state index in [4.69, 9.17) is 0 Å². The van der Waals surface area contributed by atoms with Crippen LogP contribution in [0.5, 0.6) is 0 Å². The molecule has 5 rings (SSSR count). The van der Waals surface area contributed by atoms with E-state index in [1.807, 2.05) is 76.5 Å². The molecule has 2 aliphatic heterocycles. The van der Waals surface area contributed by atoms with Crippen molar-refractivity contribution in [2.75, 3.05) is 18.0 Å². The first-order chi connectivity index (χ1) is 16.6. The molecule has 34 heavy (non-hydrogen) atoms. The maximum Gasteiger partial charge on any atom is 0.265 e. The number of nitrogens with zero attached hydrogens (tertiary/aromatic N) is 2. The molecule has 0 atom stereocenters. The SMILES string of the molecule is Cc1cccc(CN2C(=O)/C(=C/c3ccccc3)Sc3ccc(C(=O)N4CCCCC4)cc32)c1. The molecule has 172 valence electrons. The maximum absolute atomic E-state index is 13.7. The minimum absolute atomic E-state index is 0.0366. The predicted octanol–water partition coefficient (Wildman–Crippen LogP) is 6.30. The zero-order valence-electron chi connectivity index (χ0n) is 19.4. The first-order valence-electron chi connectivity index (χ1n) is 11.8. The summed E-state index contributed by atoms with van der Waals surface area (Å²) in [6.07, 6.45) is 5.24. The van der Waals surface area contributed by atoms with Gasteiger partial charge in [-0.3, -0.25) is 9.59 Å². The molecule has 0 unspecified atom stereocenters. The lowest BCUT2D eigenvalue weighted by Gasteiger charge is -2.32. The Hall–Kier alpha value is -3.31. The van der Waals surface area contributed by atoms with E-state index in [0.29, 0.717) is 17.0 Å². The summed E-state index contributed by atoms with van der Waals surface area (Å²) in [7, 11) is 0. The number of anilines is 1. The monoisotopic (exact) mass is 468 g/mol. The number of benzene rings is 3. The van der Waals surface area contributed by atoms with E-state index < -0.39 is 0 Å². The lowest BCUT2D eigenvalue weighted by atomic mass is 10.1. The van der Waals surface area contributed by atoms with Crippen LogP contribution in [0.3, 0.4) is 0 Å². The molecule has 2 aliphatic rings. The Balaban J connectivity index is 1.53. The largest absolute Gasteiger partial charge is 0.339 e. The molecule has 3 aromatic rings.